The molecule has 0 unspecified atom stereocenters. The molecule has 29 heavy (non-hydrogen) atoms. The number of pyridine rings is 2. The summed E-state index contributed by atoms with van der Waals surface area (Å²) < 4.78 is 0. The number of carbonyl (C=O) groups is 1. The average Bonchev–Trinajstić information content (AvgIpc) is 2.73. The maximum absolute atomic E-state index is 12.2. The standard InChI is InChI=1S/C20H21ClN4O2.C2H6/c1-3-5-14(4-2)6-7-16-10-17(8-9-22-16)24-20(27)25-18-11-19(21)23-12-15(18)13-26;1-2/h3-5,8-12,26H,1-2,6-7,13H2,(H2,22,23,24,25,27);1-2H3/b14-5+;. The average molecular weight is 415 g/mol. The highest BCUT2D eigenvalue weighted by Crippen LogP contribution is 2.19. The molecule has 154 valence electrons. The Bertz CT molecular complexity index is 866. The van der Waals surface area contributed by atoms with Crippen LogP contribution in [0.25, 0.3) is 0 Å². The number of halogens is 1. The first-order chi connectivity index (χ1) is 14.0. The number of amides is 2. The van der Waals surface area contributed by atoms with Crippen molar-refractivity contribution in [2.24, 2.45) is 0 Å². The summed E-state index contributed by atoms with van der Waals surface area (Å²) in [6, 6.07) is 4.53. The van der Waals surface area contributed by atoms with E-state index in [0.29, 0.717) is 23.4 Å². The van der Waals surface area contributed by atoms with Crippen molar-refractivity contribution in [3.63, 3.8) is 0 Å². The largest absolute Gasteiger partial charge is 0.392 e. The SMILES string of the molecule is C=C/C=C(\C=C)CCc1cc(NC(=O)Nc2cc(Cl)ncc2CO)ccn1.CC. The molecule has 0 fully saturated rings. The van der Waals surface area contributed by atoms with Gasteiger partial charge in [0.25, 0.3) is 0 Å². The summed E-state index contributed by atoms with van der Waals surface area (Å²) in [4.78, 5) is 20.4. The van der Waals surface area contributed by atoms with Crippen LogP contribution in [0, 0.1) is 0 Å². The molecule has 7 heteroatoms. The third-order valence-electron chi connectivity index (χ3n) is 3.71. The van der Waals surface area contributed by atoms with Gasteiger partial charge in [0.15, 0.2) is 0 Å². The highest BCUT2D eigenvalue weighted by molar-refractivity contribution is 6.29. The second-order valence-electron chi connectivity index (χ2n) is 5.62. The summed E-state index contributed by atoms with van der Waals surface area (Å²) in [5, 5.41) is 15.0. The first-order valence-electron chi connectivity index (χ1n) is 9.28. The van der Waals surface area contributed by atoms with Crippen LogP contribution in [0.3, 0.4) is 0 Å². The summed E-state index contributed by atoms with van der Waals surface area (Å²) >= 11 is 5.84. The Hall–Kier alpha value is -2.96. The zero-order valence-electron chi connectivity index (χ0n) is 16.8. The lowest BCUT2D eigenvalue weighted by atomic mass is 10.1. The molecule has 3 N–H and O–H groups in total. The quantitative estimate of drug-likeness (QED) is 0.391. The van der Waals surface area contributed by atoms with Gasteiger partial charge >= 0.3 is 6.03 Å². The van der Waals surface area contributed by atoms with Gasteiger partial charge in [0, 0.05) is 29.3 Å². The molecule has 2 aromatic heterocycles. The zero-order valence-corrected chi connectivity index (χ0v) is 17.5. The molecule has 0 radical (unpaired) electrons. The Labute approximate surface area is 177 Å². The molecule has 2 rings (SSSR count). The normalized spacial score (nSPS) is 10.4. The van der Waals surface area contributed by atoms with Crippen molar-refractivity contribution >= 4 is 29.0 Å². The Morgan fingerprint density at radius 2 is 2.00 bits per heavy atom. The highest BCUT2D eigenvalue weighted by atomic mass is 35.5. The number of hydrogen-bond donors (Lipinski definition) is 3. The third-order valence-corrected chi connectivity index (χ3v) is 3.92. The number of aliphatic hydroxyl groups excluding tert-OH is 1. The first kappa shape index (κ1) is 24.1. The second-order valence-corrected chi connectivity index (χ2v) is 6.01. The van der Waals surface area contributed by atoms with Gasteiger partial charge in [-0.1, -0.05) is 56.8 Å². The topological polar surface area (TPSA) is 87.1 Å². The third kappa shape index (κ3) is 8.29. The van der Waals surface area contributed by atoms with Gasteiger partial charge in [0.1, 0.15) is 5.15 Å². The Morgan fingerprint density at radius 1 is 1.24 bits per heavy atom. The van der Waals surface area contributed by atoms with E-state index in [-0.39, 0.29) is 11.8 Å². The summed E-state index contributed by atoms with van der Waals surface area (Å²) in [5.41, 5.74) is 3.38. The van der Waals surface area contributed by atoms with E-state index in [0.717, 1.165) is 17.7 Å². The maximum Gasteiger partial charge on any atom is 0.323 e. The van der Waals surface area contributed by atoms with Crippen LogP contribution in [0.15, 0.2) is 67.6 Å². The van der Waals surface area contributed by atoms with Crippen molar-refractivity contribution in [1.82, 2.24) is 9.97 Å². The van der Waals surface area contributed by atoms with Crippen LogP contribution in [-0.2, 0) is 13.0 Å². The second kappa shape index (κ2) is 13.3. The van der Waals surface area contributed by atoms with Crippen molar-refractivity contribution in [2.45, 2.75) is 33.3 Å². The number of aryl methyl sites for hydroxylation is 1. The molecule has 6 nitrogen and oxygen atoms in total. The van der Waals surface area contributed by atoms with Crippen molar-refractivity contribution in [1.29, 1.82) is 0 Å². The summed E-state index contributed by atoms with van der Waals surface area (Å²) in [6.07, 6.45) is 9.94. The van der Waals surface area contributed by atoms with Crippen molar-refractivity contribution in [2.75, 3.05) is 10.6 Å². The number of urea groups is 1. The van der Waals surface area contributed by atoms with E-state index < -0.39 is 6.03 Å². The molecule has 0 aliphatic carbocycles. The number of nitrogens with one attached hydrogen (secondary N) is 2. The van der Waals surface area contributed by atoms with Crippen molar-refractivity contribution in [3.05, 3.63) is 84.0 Å². The maximum atomic E-state index is 12.2. The van der Waals surface area contributed by atoms with Gasteiger partial charge in [-0.05, 0) is 36.6 Å². The Kier molecular flexibility index (Phi) is 11.0. The molecule has 2 aromatic rings. The number of rotatable bonds is 8. The first-order valence-corrected chi connectivity index (χ1v) is 9.65. The molecule has 0 saturated carbocycles. The van der Waals surface area contributed by atoms with E-state index in [1.165, 1.54) is 12.3 Å². The molecule has 0 atom stereocenters. The van der Waals surface area contributed by atoms with Gasteiger partial charge in [-0.25, -0.2) is 9.78 Å². The van der Waals surface area contributed by atoms with E-state index in [9.17, 15) is 9.90 Å². The zero-order chi connectivity index (χ0) is 21.6. The molecule has 0 bridgehead atoms. The molecule has 0 spiro atoms. The van der Waals surface area contributed by atoms with Crippen LogP contribution in [0.4, 0.5) is 16.2 Å². The number of allylic oxidation sites excluding steroid dienone is 4. The lowest BCUT2D eigenvalue weighted by Crippen LogP contribution is -2.20. The van der Waals surface area contributed by atoms with E-state index in [2.05, 4.69) is 33.8 Å². The van der Waals surface area contributed by atoms with Gasteiger partial charge in [-0.15, -0.1) is 0 Å². The number of carbonyl (C=O) groups excluding carboxylic acids is 1. The van der Waals surface area contributed by atoms with Crippen LogP contribution >= 0.6 is 11.6 Å². The predicted molar refractivity (Wildman–Crippen MR) is 120 cm³/mol. The summed E-state index contributed by atoms with van der Waals surface area (Å²) in [5.74, 6) is 0. The van der Waals surface area contributed by atoms with E-state index in [1.54, 1.807) is 30.5 Å². The van der Waals surface area contributed by atoms with Crippen LogP contribution in [0.5, 0.6) is 0 Å². The van der Waals surface area contributed by atoms with E-state index in [1.807, 2.05) is 19.9 Å². The molecule has 0 aliphatic heterocycles. The monoisotopic (exact) mass is 414 g/mol. The van der Waals surface area contributed by atoms with Gasteiger partial charge in [0.2, 0.25) is 0 Å². The lowest BCUT2D eigenvalue weighted by Gasteiger charge is -2.11. The van der Waals surface area contributed by atoms with E-state index in [4.69, 9.17) is 11.6 Å². The number of anilines is 2. The molecule has 0 aromatic carbocycles. The van der Waals surface area contributed by atoms with Crippen LogP contribution in [-0.4, -0.2) is 21.1 Å². The van der Waals surface area contributed by atoms with Gasteiger partial charge < -0.3 is 15.7 Å². The molecule has 2 amide bonds. The number of aromatic nitrogens is 2. The molecular formula is C22H27ClN4O2. The lowest BCUT2D eigenvalue weighted by molar-refractivity contribution is 0.262. The minimum atomic E-state index is -0.456. The van der Waals surface area contributed by atoms with Gasteiger partial charge in [0.05, 0.1) is 12.3 Å². The summed E-state index contributed by atoms with van der Waals surface area (Å²) in [7, 11) is 0. The number of hydrogen-bond acceptors (Lipinski definition) is 4. The Balaban J connectivity index is 0.00000204. The van der Waals surface area contributed by atoms with Gasteiger partial charge in [-0.3, -0.25) is 4.98 Å². The Morgan fingerprint density at radius 3 is 2.66 bits per heavy atom. The predicted octanol–water partition coefficient (Wildman–Crippen LogP) is 5.52. The van der Waals surface area contributed by atoms with Crippen molar-refractivity contribution < 1.29 is 9.90 Å². The van der Waals surface area contributed by atoms with Gasteiger partial charge in [-0.2, -0.15) is 0 Å². The molecular weight excluding hydrogens is 388 g/mol. The minimum absolute atomic E-state index is 0.222. The summed E-state index contributed by atoms with van der Waals surface area (Å²) in [6.45, 7) is 11.2. The molecule has 2 heterocycles. The minimum Gasteiger partial charge on any atom is -0.392 e. The molecule has 0 saturated heterocycles. The van der Waals surface area contributed by atoms with Crippen LogP contribution in [0.2, 0.25) is 5.15 Å². The fourth-order valence-corrected chi connectivity index (χ4v) is 2.51. The fourth-order valence-electron chi connectivity index (χ4n) is 2.36. The van der Waals surface area contributed by atoms with Crippen molar-refractivity contribution in [3.8, 4) is 0 Å². The van der Waals surface area contributed by atoms with Crippen LogP contribution in [0.1, 0.15) is 31.5 Å². The highest BCUT2D eigenvalue weighted by Gasteiger charge is 2.09. The molecule has 0 aliphatic rings. The smallest absolute Gasteiger partial charge is 0.323 e. The van der Waals surface area contributed by atoms with Crippen LogP contribution < -0.4 is 10.6 Å². The number of nitrogens with zero attached hydrogens (tertiary/aromatic N) is 2. The fraction of sp³-hybridized carbons (Fsp3) is 0.227. The van der Waals surface area contributed by atoms with E-state index >= 15 is 0 Å². The number of aliphatic hydroxyl groups is 1.